The zero-order valence-electron chi connectivity index (χ0n) is 38.1. The van der Waals surface area contributed by atoms with Crippen molar-refractivity contribution in [1.82, 2.24) is 0 Å². The number of hydrogen-bond acceptors (Lipinski definition) is 2. The van der Waals surface area contributed by atoms with Crippen LogP contribution in [-0.4, -0.2) is 0 Å². The molecule has 0 bridgehead atoms. The van der Waals surface area contributed by atoms with Crippen LogP contribution in [0.5, 0.6) is 0 Å². The molecule has 0 heterocycles. The minimum Gasteiger partial charge on any atom is -0.307 e. The van der Waals surface area contributed by atoms with Crippen LogP contribution in [0.3, 0.4) is 0 Å². The van der Waals surface area contributed by atoms with Crippen LogP contribution in [0.25, 0.3) is 76.8 Å². The van der Waals surface area contributed by atoms with Crippen LogP contribution in [0, 0.1) is 34.9 Å². The summed E-state index contributed by atoms with van der Waals surface area (Å²) in [6, 6.07) is 65.6. The Kier molecular flexibility index (Phi) is 11.0. The molecule has 0 fully saturated rings. The SMILES string of the molecule is Fc1ccc(-c2cc(-c3ccc(F)cc3)cc(N(c3ccccc3F)c3ccc4ccc5c(N(c6cc(-c7ccc(F)cc7)cc(-c7ccc(F)cc7)c6)c6ccccc6F)ccc6ccc3c4c65)c2)cc1. The molecule has 0 aliphatic rings. The third-order valence-corrected chi connectivity index (χ3v) is 13.3. The number of rotatable bonds is 10. The predicted molar refractivity (Wildman–Crippen MR) is 281 cm³/mol. The average Bonchev–Trinajstić information content (AvgIpc) is 3.40. The van der Waals surface area contributed by atoms with Gasteiger partial charge < -0.3 is 9.80 Å². The molecule has 0 atom stereocenters. The second kappa shape index (κ2) is 18.0. The minimum atomic E-state index is -0.468. The van der Waals surface area contributed by atoms with Crippen molar-refractivity contribution in [2.75, 3.05) is 9.80 Å². The molecule has 0 N–H and O–H groups in total. The van der Waals surface area contributed by atoms with E-state index in [4.69, 9.17) is 0 Å². The molecule has 12 rings (SSSR count). The fraction of sp³-hybridized carbons (Fsp3) is 0. The smallest absolute Gasteiger partial charge is 0.147 e. The maximum absolute atomic E-state index is 16.6. The zero-order valence-corrected chi connectivity index (χ0v) is 38.1. The van der Waals surface area contributed by atoms with Crippen LogP contribution < -0.4 is 9.80 Å². The summed E-state index contributed by atoms with van der Waals surface area (Å²) in [5.41, 5.74) is 8.91. The van der Waals surface area contributed by atoms with Gasteiger partial charge in [0.15, 0.2) is 0 Å². The van der Waals surface area contributed by atoms with Gasteiger partial charge in [0.2, 0.25) is 0 Å². The van der Waals surface area contributed by atoms with E-state index in [1.54, 1.807) is 84.9 Å². The Morgan fingerprint density at radius 2 is 0.528 bits per heavy atom. The van der Waals surface area contributed by atoms with Crippen molar-refractivity contribution in [3.63, 3.8) is 0 Å². The Balaban J connectivity index is 1.11. The van der Waals surface area contributed by atoms with Gasteiger partial charge in [-0.1, -0.05) is 109 Å². The van der Waals surface area contributed by atoms with Gasteiger partial charge in [0.25, 0.3) is 0 Å². The molecule has 0 radical (unpaired) electrons. The summed E-state index contributed by atoms with van der Waals surface area (Å²) in [4.78, 5) is 3.76. The molecule has 2 nitrogen and oxygen atoms in total. The van der Waals surface area contributed by atoms with Crippen molar-refractivity contribution >= 4 is 66.4 Å². The lowest BCUT2D eigenvalue weighted by molar-refractivity contribution is 0.627. The van der Waals surface area contributed by atoms with Crippen LogP contribution in [0.4, 0.5) is 60.5 Å². The lowest BCUT2D eigenvalue weighted by Crippen LogP contribution is -2.13. The molecule has 0 spiro atoms. The third-order valence-electron chi connectivity index (χ3n) is 13.3. The van der Waals surface area contributed by atoms with Crippen LogP contribution >= 0.6 is 0 Å². The molecule has 0 saturated carbocycles. The molecule has 0 aromatic heterocycles. The standard InChI is InChI=1S/C64H38F6N2/c65-49-21-9-39(10-22-49)45-33-46(40-11-23-50(66)24-12-40)36-53(35-45)71(61-7-3-1-5-57(61)69)59-31-19-43-18-30-56-60(32-20-44-17-29-55(59)63(43)64(44)56)72(62-8-4-2-6-58(62)70)54-37-47(41-13-25-51(67)26-14-41)34-48(38-54)42-15-27-52(68)28-16-42/h1-38H. The van der Waals surface area contributed by atoms with Crippen molar-refractivity contribution in [3.05, 3.63) is 265 Å². The molecule has 0 aliphatic heterocycles. The Morgan fingerprint density at radius 3 is 0.833 bits per heavy atom. The zero-order chi connectivity index (χ0) is 49.0. The van der Waals surface area contributed by atoms with Crippen molar-refractivity contribution in [2.45, 2.75) is 0 Å². The second-order valence-electron chi connectivity index (χ2n) is 17.7. The first-order valence-corrected chi connectivity index (χ1v) is 23.3. The maximum Gasteiger partial charge on any atom is 0.147 e. The highest BCUT2D eigenvalue weighted by atomic mass is 19.1. The summed E-state index contributed by atoms with van der Waals surface area (Å²) in [6.07, 6.45) is 0. The summed E-state index contributed by atoms with van der Waals surface area (Å²) in [6.45, 7) is 0. The second-order valence-corrected chi connectivity index (χ2v) is 17.7. The Bertz CT molecular complexity index is 3600. The number of anilines is 6. The number of halogens is 6. The fourth-order valence-electron chi connectivity index (χ4n) is 9.96. The van der Waals surface area contributed by atoms with E-state index in [1.807, 2.05) is 94.7 Å². The summed E-state index contributed by atoms with van der Waals surface area (Å²) < 4.78 is 90.4. The Labute approximate surface area is 410 Å². The van der Waals surface area contributed by atoms with Crippen molar-refractivity contribution in [1.29, 1.82) is 0 Å². The number of nitrogens with zero attached hydrogens (tertiary/aromatic N) is 2. The largest absolute Gasteiger partial charge is 0.307 e. The summed E-state index contributed by atoms with van der Waals surface area (Å²) >= 11 is 0. The van der Waals surface area contributed by atoms with E-state index < -0.39 is 11.6 Å². The van der Waals surface area contributed by atoms with Gasteiger partial charge in [0, 0.05) is 22.1 Å². The van der Waals surface area contributed by atoms with E-state index in [2.05, 4.69) is 0 Å². The molecule has 0 amide bonds. The van der Waals surface area contributed by atoms with E-state index in [0.717, 1.165) is 76.8 Å². The molecule has 72 heavy (non-hydrogen) atoms. The highest BCUT2D eigenvalue weighted by Gasteiger charge is 2.25. The predicted octanol–water partition coefficient (Wildman–Crippen LogP) is 19.0. The highest BCUT2D eigenvalue weighted by molar-refractivity contribution is 6.28. The first kappa shape index (κ1) is 44.1. The lowest BCUT2D eigenvalue weighted by Gasteiger charge is -2.30. The Hall–Kier alpha value is -9.14. The van der Waals surface area contributed by atoms with Gasteiger partial charge in [-0.15, -0.1) is 0 Å². The highest BCUT2D eigenvalue weighted by Crippen LogP contribution is 2.50. The molecule has 12 aromatic rings. The average molecular weight is 949 g/mol. The summed E-state index contributed by atoms with van der Waals surface area (Å²) in [7, 11) is 0. The molecular weight excluding hydrogens is 911 g/mol. The molecule has 8 heteroatoms. The van der Waals surface area contributed by atoms with Gasteiger partial charge >= 0.3 is 0 Å². The molecule has 12 aromatic carbocycles. The topological polar surface area (TPSA) is 6.48 Å². The lowest BCUT2D eigenvalue weighted by atomic mass is 9.91. The van der Waals surface area contributed by atoms with Crippen molar-refractivity contribution < 1.29 is 26.3 Å². The Morgan fingerprint density at radius 1 is 0.236 bits per heavy atom. The summed E-state index contributed by atoms with van der Waals surface area (Å²) in [5, 5.41) is 5.21. The van der Waals surface area contributed by atoms with E-state index in [9.17, 15) is 17.6 Å². The van der Waals surface area contributed by atoms with E-state index in [-0.39, 0.29) is 34.6 Å². The maximum atomic E-state index is 16.6. The van der Waals surface area contributed by atoms with Crippen LogP contribution in [-0.2, 0) is 0 Å². The monoisotopic (exact) mass is 948 g/mol. The van der Waals surface area contributed by atoms with E-state index in [0.29, 0.717) is 22.7 Å². The van der Waals surface area contributed by atoms with Gasteiger partial charge in [-0.05, 0) is 187 Å². The summed E-state index contributed by atoms with van der Waals surface area (Å²) in [5.74, 6) is -2.48. The van der Waals surface area contributed by atoms with Gasteiger partial charge in [0.05, 0.1) is 22.7 Å². The van der Waals surface area contributed by atoms with Crippen molar-refractivity contribution in [3.8, 4) is 44.5 Å². The van der Waals surface area contributed by atoms with Gasteiger partial charge in [-0.25, -0.2) is 26.3 Å². The van der Waals surface area contributed by atoms with Crippen LogP contribution in [0.15, 0.2) is 231 Å². The molecule has 346 valence electrons. The normalized spacial score (nSPS) is 11.5. The number of para-hydroxylation sites is 2. The van der Waals surface area contributed by atoms with E-state index in [1.165, 1.54) is 60.7 Å². The fourth-order valence-corrected chi connectivity index (χ4v) is 9.96. The molecule has 0 aliphatic carbocycles. The third kappa shape index (κ3) is 8.02. The number of benzene rings is 12. The van der Waals surface area contributed by atoms with Gasteiger partial charge in [0.1, 0.15) is 34.9 Å². The first-order chi connectivity index (χ1) is 35.1. The molecular formula is C64H38F6N2. The van der Waals surface area contributed by atoms with Crippen LogP contribution in [0.1, 0.15) is 0 Å². The van der Waals surface area contributed by atoms with E-state index >= 15 is 8.78 Å². The van der Waals surface area contributed by atoms with Crippen molar-refractivity contribution in [2.24, 2.45) is 0 Å². The first-order valence-electron chi connectivity index (χ1n) is 23.3. The number of hydrogen-bond donors (Lipinski definition) is 0. The van der Waals surface area contributed by atoms with Crippen LogP contribution in [0.2, 0.25) is 0 Å². The molecule has 0 unspecified atom stereocenters. The minimum absolute atomic E-state index is 0.276. The quantitative estimate of drug-likeness (QED) is 0.0996. The van der Waals surface area contributed by atoms with Gasteiger partial charge in [-0.3, -0.25) is 0 Å². The molecule has 0 saturated heterocycles. The van der Waals surface area contributed by atoms with Gasteiger partial charge in [-0.2, -0.15) is 0 Å².